The number of carboxylic acid groups (broad SMARTS) is 2. The van der Waals surface area contributed by atoms with Gasteiger partial charge in [0.1, 0.15) is 0 Å². The van der Waals surface area contributed by atoms with Crippen molar-refractivity contribution in [3.63, 3.8) is 0 Å². The summed E-state index contributed by atoms with van der Waals surface area (Å²) in [6, 6.07) is 7.88. The Morgan fingerprint density at radius 2 is 1.22 bits per heavy atom. The fraction of sp³-hybridized carbons (Fsp3) is 0.235. The van der Waals surface area contributed by atoms with Crippen LogP contribution in [0, 0.1) is 13.8 Å². The first-order chi connectivity index (χ1) is 20.0. The van der Waals surface area contributed by atoms with Crippen LogP contribution in [-0.2, 0) is 32.8 Å². The van der Waals surface area contributed by atoms with Crippen LogP contribution in [0.4, 0.5) is 0 Å². The van der Waals surface area contributed by atoms with Crippen LogP contribution in [0.25, 0.3) is 50.4 Å². The van der Waals surface area contributed by atoms with Gasteiger partial charge in [-0.15, -0.1) is 0 Å². The Hall–Kier alpha value is -3.89. The van der Waals surface area contributed by atoms with E-state index in [1.165, 1.54) is 0 Å². The topological polar surface area (TPSA) is 132 Å². The maximum absolute atomic E-state index is 11.5. The van der Waals surface area contributed by atoms with Gasteiger partial charge in [-0.3, -0.25) is 9.59 Å². The van der Waals surface area contributed by atoms with Crippen molar-refractivity contribution in [2.45, 2.75) is 53.4 Å². The minimum Gasteiger partial charge on any atom is -1.00 e. The predicted octanol–water partition coefficient (Wildman–Crippen LogP) is 1.51. The van der Waals surface area contributed by atoms with Gasteiger partial charge in [0.25, 0.3) is 0 Å². The molecule has 0 aliphatic carbocycles. The van der Waals surface area contributed by atoms with Crippen molar-refractivity contribution in [3.8, 4) is 0 Å². The summed E-state index contributed by atoms with van der Waals surface area (Å²) >= 11 is 0. The van der Waals surface area contributed by atoms with Gasteiger partial charge in [-0.1, -0.05) is 25.3 Å². The predicted molar refractivity (Wildman–Crippen MR) is 169 cm³/mol. The number of aromatic amines is 2. The Kier molecular flexibility index (Phi) is 12.4. The molecule has 3 aromatic rings. The van der Waals surface area contributed by atoms with Crippen LogP contribution >= 0.6 is 0 Å². The molecule has 0 amide bonds. The van der Waals surface area contributed by atoms with Gasteiger partial charge in [0.05, 0.1) is 22.8 Å². The van der Waals surface area contributed by atoms with E-state index in [1.807, 2.05) is 58.0 Å². The molecule has 45 heavy (non-hydrogen) atoms. The normalized spacial score (nSPS) is 12.2. The fourth-order valence-corrected chi connectivity index (χ4v) is 5.77. The van der Waals surface area contributed by atoms with Crippen LogP contribution in [0.1, 0.15) is 78.1 Å². The number of hydrogen-bond donors (Lipinski definition) is 4. The molecular weight excluding hydrogens is 658 g/mol. The van der Waals surface area contributed by atoms with Gasteiger partial charge in [-0.05, 0) is 98.2 Å². The summed E-state index contributed by atoms with van der Waals surface area (Å²) in [6.07, 6.45) is 4.22. The molecule has 237 valence electrons. The van der Waals surface area contributed by atoms with Crippen molar-refractivity contribution in [2.24, 2.45) is 0 Å². The van der Waals surface area contributed by atoms with E-state index in [9.17, 15) is 19.8 Å². The van der Waals surface area contributed by atoms with Gasteiger partial charge < -0.3 is 45.0 Å². The van der Waals surface area contributed by atoms with E-state index in [4.69, 9.17) is 9.97 Å². The minimum absolute atomic E-state index is 0. The number of nitrogens with zero attached hydrogens (tertiary/aromatic N) is 2. The average molecular weight is 693 g/mol. The second-order valence-corrected chi connectivity index (χ2v) is 10.7. The Morgan fingerprint density at radius 3 is 1.84 bits per heavy atom. The average Bonchev–Trinajstić information content (AvgIpc) is 3.59. The van der Waals surface area contributed by atoms with E-state index in [-0.39, 0.29) is 54.4 Å². The molecule has 0 saturated heterocycles. The summed E-state index contributed by atoms with van der Waals surface area (Å²) in [5, 5.41) is 18.9. The monoisotopic (exact) mass is 691 g/mol. The number of fused-ring (bicyclic) bond motifs is 8. The quantitative estimate of drug-likeness (QED) is 0.283. The number of halogens is 2. The van der Waals surface area contributed by atoms with Crippen molar-refractivity contribution in [1.82, 2.24) is 19.9 Å². The summed E-state index contributed by atoms with van der Waals surface area (Å²) in [7, 11) is 0. The van der Waals surface area contributed by atoms with Crippen LogP contribution in [0.2, 0.25) is 0 Å². The molecule has 1 radical (unpaired) electrons. The molecule has 5 rings (SSSR count). The first-order valence-corrected chi connectivity index (χ1v) is 13.9. The Labute approximate surface area is 284 Å². The van der Waals surface area contributed by atoms with E-state index in [0.29, 0.717) is 18.5 Å². The van der Waals surface area contributed by atoms with Gasteiger partial charge >= 0.3 is 28.7 Å². The summed E-state index contributed by atoms with van der Waals surface area (Å²) < 4.78 is 0. The zero-order valence-electron chi connectivity index (χ0n) is 25.4. The molecule has 0 aromatic carbocycles. The number of hydrogen-bond acceptors (Lipinski definition) is 4. The number of carbonyl (C=O) groups is 2. The van der Waals surface area contributed by atoms with Gasteiger partial charge in [0, 0.05) is 46.0 Å². The van der Waals surface area contributed by atoms with E-state index in [2.05, 4.69) is 23.1 Å². The van der Waals surface area contributed by atoms with Crippen LogP contribution in [0.5, 0.6) is 0 Å². The number of nitrogens with one attached hydrogen (secondary N) is 2. The van der Waals surface area contributed by atoms with Crippen LogP contribution in [-0.4, -0.2) is 42.1 Å². The summed E-state index contributed by atoms with van der Waals surface area (Å²) in [4.78, 5) is 40.0. The number of H-pyrrole nitrogens is 2. The molecule has 0 fully saturated rings. The SMILES string of the molecule is C=CC1=C(C)c2cc3[nH]c(cc4nc(cc5[nH]c(cc1n2)c(C)c5CCC(=O)O)C(CCC(=O)O)=C4C)c(C)c3C=C.[Cl-].[Cl-].[Co+2]. The molecule has 3 aromatic heterocycles. The molecule has 4 N–H and O–H groups in total. The third-order valence-electron chi connectivity index (χ3n) is 8.22. The first-order valence-electron chi connectivity index (χ1n) is 13.9. The molecule has 2 aliphatic rings. The molecule has 2 aliphatic heterocycles. The second-order valence-electron chi connectivity index (χ2n) is 10.7. The fourth-order valence-electron chi connectivity index (χ4n) is 5.77. The maximum Gasteiger partial charge on any atom is 2.00 e. The van der Waals surface area contributed by atoms with Crippen LogP contribution < -0.4 is 24.8 Å². The molecule has 8 bridgehead atoms. The number of rotatable bonds is 8. The van der Waals surface area contributed by atoms with Gasteiger partial charge in [0.15, 0.2) is 0 Å². The number of carboxylic acids is 2. The molecule has 8 nitrogen and oxygen atoms in total. The van der Waals surface area contributed by atoms with Crippen molar-refractivity contribution in [2.75, 3.05) is 0 Å². The molecule has 5 heterocycles. The van der Waals surface area contributed by atoms with Gasteiger partial charge in [-0.2, -0.15) is 0 Å². The molecule has 11 heteroatoms. The van der Waals surface area contributed by atoms with Crippen LogP contribution in [0.15, 0.2) is 43.5 Å². The Morgan fingerprint density at radius 1 is 0.711 bits per heavy atom. The second kappa shape index (κ2) is 14.9. The number of allylic oxidation sites excluding steroid dienone is 5. The summed E-state index contributed by atoms with van der Waals surface area (Å²) in [6.45, 7) is 16.0. The van der Waals surface area contributed by atoms with E-state index in [1.54, 1.807) is 6.08 Å². The zero-order valence-corrected chi connectivity index (χ0v) is 28.0. The van der Waals surface area contributed by atoms with Crippen molar-refractivity contribution >= 4 is 62.4 Å². The van der Waals surface area contributed by atoms with E-state index in [0.717, 1.165) is 83.7 Å². The van der Waals surface area contributed by atoms with E-state index >= 15 is 0 Å². The van der Waals surface area contributed by atoms with Crippen molar-refractivity contribution in [1.29, 1.82) is 0 Å². The van der Waals surface area contributed by atoms with Crippen LogP contribution in [0.3, 0.4) is 0 Å². The Bertz CT molecular complexity index is 1940. The minimum atomic E-state index is -0.883. The largest absolute Gasteiger partial charge is 2.00 e. The zero-order chi connectivity index (χ0) is 30.3. The molecule has 0 saturated carbocycles. The summed E-state index contributed by atoms with van der Waals surface area (Å²) in [5.74, 6) is -1.76. The standard InChI is InChI=1S/C34H34N4O4.2ClH.Co/c1-7-21-17(3)25-13-26-19(5)23(9-11-33(39)40)31(37-26)16-32-24(10-12-34(41)42)20(6)28(38-32)15-30-22(8-2)18(4)27(36-30)14-29(21)35-25;;;/h7-8,13-16,35,38H,1-2,9-12H2,3-6H3,(H,39,40)(H,41,42);2*1H;/q;;;+2/p-2. The van der Waals surface area contributed by atoms with E-state index < -0.39 is 11.9 Å². The smallest absolute Gasteiger partial charge is 1.00 e. The molecular formula is C34H34Cl2CoN4O4. The number of aliphatic carboxylic acids is 2. The van der Waals surface area contributed by atoms with Gasteiger partial charge in [0.2, 0.25) is 0 Å². The third-order valence-corrected chi connectivity index (χ3v) is 8.22. The third kappa shape index (κ3) is 7.17. The molecule has 0 spiro atoms. The summed E-state index contributed by atoms with van der Waals surface area (Å²) in [5.41, 5.74) is 13.7. The van der Waals surface area contributed by atoms with Gasteiger partial charge in [-0.25, -0.2) is 9.97 Å². The number of aryl methyl sites for hydroxylation is 3. The maximum atomic E-state index is 11.5. The van der Waals surface area contributed by atoms with Crippen molar-refractivity contribution < 1.29 is 61.4 Å². The molecule has 0 atom stereocenters. The number of aromatic nitrogens is 4. The molecule has 0 unspecified atom stereocenters. The first kappa shape index (κ1) is 37.3. The van der Waals surface area contributed by atoms with Crippen molar-refractivity contribution in [3.05, 3.63) is 88.5 Å². The Balaban J connectivity index is 0.00000235.